The van der Waals surface area contributed by atoms with Gasteiger partial charge in [0.05, 0.1) is 0 Å². The summed E-state index contributed by atoms with van der Waals surface area (Å²) in [7, 11) is 0. The van der Waals surface area contributed by atoms with Crippen LogP contribution < -0.4 is 0 Å². The molecule has 0 saturated heterocycles. The highest BCUT2D eigenvalue weighted by Crippen LogP contribution is 2.46. The van der Waals surface area contributed by atoms with Crippen LogP contribution >= 0.6 is 11.3 Å². The van der Waals surface area contributed by atoms with Gasteiger partial charge in [-0.1, -0.05) is 20.3 Å². The third-order valence-electron chi connectivity index (χ3n) is 4.08. The Labute approximate surface area is 96.1 Å². The topological polar surface area (TPSA) is 20.2 Å². The molecule has 1 aliphatic carbocycles. The molecule has 3 atom stereocenters. The molecule has 3 unspecified atom stereocenters. The van der Waals surface area contributed by atoms with Crippen molar-refractivity contribution < 1.29 is 5.11 Å². The van der Waals surface area contributed by atoms with Crippen molar-refractivity contribution in [1.29, 1.82) is 0 Å². The zero-order valence-corrected chi connectivity index (χ0v) is 10.6. The van der Waals surface area contributed by atoms with Gasteiger partial charge in [0.15, 0.2) is 0 Å². The number of aliphatic hydroxyl groups is 1. The Kier molecular flexibility index (Phi) is 2.91. The molecule has 0 aliphatic heterocycles. The molecule has 1 nitrogen and oxygen atoms in total. The van der Waals surface area contributed by atoms with Gasteiger partial charge in [-0.3, -0.25) is 0 Å². The molecular weight excluding hydrogens is 204 g/mol. The van der Waals surface area contributed by atoms with Gasteiger partial charge in [-0.25, -0.2) is 0 Å². The molecule has 0 spiro atoms. The Morgan fingerprint density at radius 1 is 1.47 bits per heavy atom. The Balaban J connectivity index is 2.36. The molecule has 84 valence electrons. The summed E-state index contributed by atoms with van der Waals surface area (Å²) < 4.78 is 0. The average Bonchev–Trinajstić information content (AvgIpc) is 2.61. The largest absolute Gasteiger partial charge is 0.384 e. The van der Waals surface area contributed by atoms with Crippen LogP contribution in [0.15, 0.2) is 11.4 Å². The maximum atomic E-state index is 10.9. The van der Waals surface area contributed by atoms with Crippen molar-refractivity contribution in [1.82, 2.24) is 0 Å². The van der Waals surface area contributed by atoms with Crippen LogP contribution in [-0.2, 0) is 5.60 Å². The van der Waals surface area contributed by atoms with Gasteiger partial charge in [-0.2, -0.15) is 0 Å². The minimum Gasteiger partial charge on any atom is -0.384 e. The molecule has 1 aromatic rings. The first-order chi connectivity index (χ1) is 7.05. The second kappa shape index (κ2) is 3.91. The molecule has 0 amide bonds. The summed E-state index contributed by atoms with van der Waals surface area (Å²) >= 11 is 1.71. The molecule has 15 heavy (non-hydrogen) atoms. The third kappa shape index (κ3) is 1.74. The Morgan fingerprint density at radius 2 is 2.20 bits per heavy atom. The van der Waals surface area contributed by atoms with Crippen molar-refractivity contribution in [3.63, 3.8) is 0 Å². The number of thiophene rings is 1. The van der Waals surface area contributed by atoms with E-state index in [1.165, 1.54) is 16.9 Å². The fraction of sp³-hybridized carbons (Fsp3) is 0.692. The van der Waals surface area contributed by atoms with Crippen molar-refractivity contribution >= 4 is 11.3 Å². The SMILES string of the molecule is Cc1ccsc1C1(O)CCCC(C)C1C. The highest BCUT2D eigenvalue weighted by Gasteiger charge is 2.42. The highest BCUT2D eigenvalue weighted by molar-refractivity contribution is 7.10. The second-order valence-corrected chi connectivity index (χ2v) is 5.93. The van der Waals surface area contributed by atoms with E-state index in [2.05, 4.69) is 32.2 Å². The smallest absolute Gasteiger partial charge is 0.102 e. The first-order valence-electron chi connectivity index (χ1n) is 5.82. The summed E-state index contributed by atoms with van der Waals surface area (Å²) in [6, 6.07) is 2.12. The van der Waals surface area contributed by atoms with E-state index in [0.29, 0.717) is 11.8 Å². The predicted octanol–water partition coefficient (Wildman–Crippen LogP) is 3.70. The predicted molar refractivity (Wildman–Crippen MR) is 65.1 cm³/mol. The van der Waals surface area contributed by atoms with Crippen LogP contribution in [0, 0.1) is 18.8 Å². The van der Waals surface area contributed by atoms with E-state index in [0.717, 1.165) is 12.8 Å². The van der Waals surface area contributed by atoms with Crippen molar-refractivity contribution in [2.24, 2.45) is 11.8 Å². The van der Waals surface area contributed by atoms with Crippen molar-refractivity contribution in [3.8, 4) is 0 Å². The van der Waals surface area contributed by atoms with Crippen molar-refractivity contribution in [3.05, 3.63) is 21.9 Å². The van der Waals surface area contributed by atoms with Crippen LogP contribution in [0.2, 0.25) is 0 Å². The maximum absolute atomic E-state index is 10.9. The molecule has 1 heterocycles. The third-order valence-corrected chi connectivity index (χ3v) is 5.26. The van der Waals surface area contributed by atoms with Crippen molar-refractivity contribution in [2.75, 3.05) is 0 Å². The first-order valence-corrected chi connectivity index (χ1v) is 6.70. The molecule has 0 aromatic carbocycles. The Bertz CT molecular complexity index is 344. The van der Waals surface area contributed by atoms with Crippen LogP contribution in [-0.4, -0.2) is 5.11 Å². The minimum absolute atomic E-state index is 0.378. The minimum atomic E-state index is -0.560. The molecule has 2 heteroatoms. The fourth-order valence-corrected chi connectivity index (χ4v) is 3.93. The molecule has 0 bridgehead atoms. The lowest BCUT2D eigenvalue weighted by atomic mass is 9.69. The van der Waals surface area contributed by atoms with Gasteiger partial charge in [0.25, 0.3) is 0 Å². The number of aryl methyl sites for hydroxylation is 1. The molecule has 2 rings (SSSR count). The molecule has 1 aliphatic rings. The molecule has 1 N–H and O–H groups in total. The van der Waals surface area contributed by atoms with Gasteiger partial charge >= 0.3 is 0 Å². The summed E-state index contributed by atoms with van der Waals surface area (Å²) in [5.74, 6) is 1.01. The molecule has 1 saturated carbocycles. The highest BCUT2D eigenvalue weighted by atomic mass is 32.1. The van der Waals surface area contributed by atoms with Crippen LogP contribution in [0.5, 0.6) is 0 Å². The summed E-state index contributed by atoms with van der Waals surface area (Å²) in [6.07, 6.45) is 3.34. The summed E-state index contributed by atoms with van der Waals surface area (Å²) in [6.45, 7) is 6.57. The van der Waals surface area contributed by atoms with E-state index in [1.807, 2.05) is 0 Å². The van der Waals surface area contributed by atoms with E-state index < -0.39 is 5.60 Å². The molecular formula is C13H20OS. The van der Waals surface area contributed by atoms with E-state index in [1.54, 1.807) is 11.3 Å². The quantitative estimate of drug-likeness (QED) is 0.771. The van der Waals surface area contributed by atoms with Gasteiger partial charge in [0, 0.05) is 4.88 Å². The monoisotopic (exact) mass is 224 g/mol. The zero-order valence-electron chi connectivity index (χ0n) is 9.79. The second-order valence-electron chi connectivity index (χ2n) is 5.02. The van der Waals surface area contributed by atoms with Gasteiger partial charge in [-0.15, -0.1) is 11.3 Å². The lowest BCUT2D eigenvalue weighted by Gasteiger charge is -2.42. The van der Waals surface area contributed by atoms with E-state index in [4.69, 9.17) is 0 Å². The first kappa shape index (κ1) is 11.2. The van der Waals surface area contributed by atoms with Gasteiger partial charge in [0.2, 0.25) is 0 Å². The maximum Gasteiger partial charge on any atom is 0.102 e. The van der Waals surface area contributed by atoms with Crippen LogP contribution in [0.3, 0.4) is 0 Å². The van der Waals surface area contributed by atoms with Gasteiger partial charge in [-0.05, 0) is 48.6 Å². The Morgan fingerprint density at radius 3 is 2.80 bits per heavy atom. The van der Waals surface area contributed by atoms with Crippen LogP contribution in [0.1, 0.15) is 43.6 Å². The summed E-state index contributed by atoms with van der Waals surface area (Å²) in [5.41, 5.74) is 0.694. The zero-order chi connectivity index (χ0) is 11.1. The van der Waals surface area contributed by atoms with Gasteiger partial charge < -0.3 is 5.11 Å². The fourth-order valence-electron chi connectivity index (χ4n) is 2.78. The number of hydrogen-bond donors (Lipinski definition) is 1. The van der Waals surface area contributed by atoms with E-state index >= 15 is 0 Å². The average molecular weight is 224 g/mol. The lowest BCUT2D eigenvalue weighted by Crippen LogP contribution is -2.40. The molecule has 0 radical (unpaired) electrons. The van der Waals surface area contributed by atoms with Crippen LogP contribution in [0.25, 0.3) is 0 Å². The lowest BCUT2D eigenvalue weighted by molar-refractivity contribution is -0.0663. The van der Waals surface area contributed by atoms with Gasteiger partial charge in [0.1, 0.15) is 5.60 Å². The number of hydrogen-bond acceptors (Lipinski definition) is 2. The van der Waals surface area contributed by atoms with E-state index in [9.17, 15) is 5.11 Å². The molecule has 1 aromatic heterocycles. The van der Waals surface area contributed by atoms with Crippen molar-refractivity contribution in [2.45, 2.75) is 45.6 Å². The summed E-state index contributed by atoms with van der Waals surface area (Å²) in [4.78, 5) is 1.20. The number of rotatable bonds is 1. The standard InChI is InChI=1S/C13H20OS/c1-9-5-4-7-13(14,11(9)3)12-10(2)6-8-15-12/h6,8-9,11,14H,4-5,7H2,1-3H3. The summed E-state index contributed by atoms with van der Waals surface area (Å²) in [5, 5.41) is 13.0. The van der Waals surface area contributed by atoms with E-state index in [-0.39, 0.29) is 0 Å². The Hall–Kier alpha value is -0.340. The van der Waals surface area contributed by atoms with Crippen LogP contribution in [0.4, 0.5) is 0 Å². The normalized spacial score (nSPS) is 36.8. The molecule has 1 fully saturated rings.